The van der Waals surface area contributed by atoms with Gasteiger partial charge < -0.3 is 18.8 Å². The van der Waals surface area contributed by atoms with Crippen LogP contribution < -0.4 is 9.47 Å². The summed E-state index contributed by atoms with van der Waals surface area (Å²) in [7, 11) is 3.15. The lowest BCUT2D eigenvalue weighted by Gasteiger charge is -2.14. The summed E-state index contributed by atoms with van der Waals surface area (Å²) in [6.45, 7) is 5.59. The molecule has 0 spiro atoms. The van der Waals surface area contributed by atoms with Gasteiger partial charge in [-0.25, -0.2) is 0 Å². The first kappa shape index (κ1) is 21.0. The molecule has 1 atom stereocenters. The number of tetrazole rings is 1. The zero-order valence-corrected chi connectivity index (χ0v) is 18.3. The maximum atomic E-state index is 13.0. The van der Waals surface area contributed by atoms with Crippen molar-refractivity contribution in [3.05, 3.63) is 41.2 Å². The molecule has 1 saturated heterocycles. The predicted molar refractivity (Wildman–Crippen MR) is 114 cm³/mol. The Morgan fingerprint density at radius 3 is 2.71 bits per heavy atom. The molecule has 3 aromatic rings. The van der Waals surface area contributed by atoms with Crippen LogP contribution in [-0.2, 0) is 17.8 Å². The highest BCUT2D eigenvalue weighted by Crippen LogP contribution is 2.30. The summed E-state index contributed by atoms with van der Waals surface area (Å²) in [6.07, 6.45) is 2.37. The van der Waals surface area contributed by atoms with Crippen LogP contribution in [-0.4, -0.2) is 57.5 Å². The molecule has 0 saturated carbocycles. The average molecular weight is 425 g/mol. The number of aryl methyl sites for hydroxylation is 1. The molecule has 4 rings (SSSR count). The van der Waals surface area contributed by atoms with Crippen molar-refractivity contribution in [1.29, 1.82) is 0 Å². The van der Waals surface area contributed by atoms with Crippen molar-refractivity contribution in [1.82, 2.24) is 24.8 Å². The van der Waals surface area contributed by atoms with E-state index in [0.717, 1.165) is 42.9 Å². The SMILES string of the molecule is COc1ccc(-c2nnn(CC(=O)c3cc(C)n(C[C@H]4CCCO4)c3C)n2)cc1OC. The summed E-state index contributed by atoms with van der Waals surface area (Å²) in [5.41, 5.74) is 3.40. The number of carbonyl (C=O) groups excluding carboxylic acids is 1. The number of rotatable bonds is 8. The van der Waals surface area contributed by atoms with Gasteiger partial charge in [0, 0.05) is 35.7 Å². The van der Waals surface area contributed by atoms with Crippen LogP contribution in [0, 0.1) is 13.8 Å². The van der Waals surface area contributed by atoms with E-state index in [4.69, 9.17) is 14.2 Å². The van der Waals surface area contributed by atoms with Crippen LogP contribution in [0.15, 0.2) is 24.3 Å². The maximum Gasteiger partial charge on any atom is 0.205 e. The summed E-state index contributed by atoms with van der Waals surface area (Å²) in [5, 5.41) is 12.5. The first-order valence-corrected chi connectivity index (χ1v) is 10.3. The van der Waals surface area contributed by atoms with E-state index in [0.29, 0.717) is 22.9 Å². The van der Waals surface area contributed by atoms with E-state index in [1.807, 2.05) is 26.0 Å². The Kier molecular flexibility index (Phi) is 6.03. The van der Waals surface area contributed by atoms with Crippen LogP contribution >= 0.6 is 0 Å². The molecule has 1 fully saturated rings. The molecular formula is C22H27N5O4. The maximum absolute atomic E-state index is 13.0. The molecule has 0 radical (unpaired) electrons. The van der Waals surface area contributed by atoms with E-state index in [1.165, 1.54) is 4.80 Å². The van der Waals surface area contributed by atoms with Crippen molar-refractivity contribution in [2.24, 2.45) is 0 Å². The first-order valence-electron chi connectivity index (χ1n) is 10.3. The van der Waals surface area contributed by atoms with Gasteiger partial charge in [-0.1, -0.05) is 0 Å². The van der Waals surface area contributed by atoms with Gasteiger partial charge in [-0.15, -0.1) is 10.2 Å². The van der Waals surface area contributed by atoms with Crippen molar-refractivity contribution in [2.45, 2.75) is 45.9 Å². The smallest absolute Gasteiger partial charge is 0.205 e. The number of methoxy groups -OCH3 is 2. The lowest BCUT2D eigenvalue weighted by atomic mass is 10.1. The molecule has 1 aromatic carbocycles. The largest absolute Gasteiger partial charge is 0.493 e. The van der Waals surface area contributed by atoms with Crippen LogP contribution in [0.2, 0.25) is 0 Å². The Hall–Kier alpha value is -3.20. The standard InChI is InChI=1S/C22H27N5O4/c1-14-10-18(15(2)26(14)12-17-6-5-9-31-17)19(28)13-27-24-22(23-25-27)16-7-8-20(29-3)21(11-16)30-4/h7-8,10-11,17H,5-6,9,12-13H2,1-4H3/t17-/m1/s1. The molecule has 31 heavy (non-hydrogen) atoms. The zero-order chi connectivity index (χ0) is 22.0. The third-order valence-electron chi connectivity index (χ3n) is 5.66. The second-order valence-electron chi connectivity index (χ2n) is 7.67. The van der Waals surface area contributed by atoms with Crippen LogP contribution in [0.1, 0.15) is 34.6 Å². The number of nitrogens with zero attached hydrogens (tertiary/aromatic N) is 5. The highest BCUT2D eigenvalue weighted by Gasteiger charge is 2.22. The minimum absolute atomic E-state index is 0.0184. The van der Waals surface area contributed by atoms with Crippen LogP contribution in [0.3, 0.4) is 0 Å². The quantitative estimate of drug-likeness (QED) is 0.512. The molecule has 0 unspecified atom stereocenters. The van der Waals surface area contributed by atoms with Crippen LogP contribution in [0.5, 0.6) is 11.5 Å². The Morgan fingerprint density at radius 1 is 1.19 bits per heavy atom. The van der Waals surface area contributed by atoms with Gasteiger partial charge in [0.15, 0.2) is 17.3 Å². The van der Waals surface area contributed by atoms with E-state index < -0.39 is 0 Å². The van der Waals surface area contributed by atoms with E-state index in [-0.39, 0.29) is 18.4 Å². The van der Waals surface area contributed by atoms with Gasteiger partial charge in [0.05, 0.1) is 20.3 Å². The number of hydrogen-bond donors (Lipinski definition) is 0. The predicted octanol–water partition coefficient (Wildman–Crippen LogP) is 2.84. The number of ether oxygens (including phenoxy) is 3. The topological polar surface area (TPSA) is 93.3 Å². The summed E-state index contributed by atoms with van der Waals surface area (Å²) in [4.78, 5) is 14.3. The molecule has 9 nitrogen and oxygen atoms in total. The lowest BCUT2D eigenvalue weighted by molar-refractivity contribution is 0.0943. The molecule has 1 aliphatic rings. The van der Waals surface area contributed by atoms with Gasteiger partial charge in [-0.3, -0.25) is 4.79 Å². The Bertz CT molecular complexity index is 1080. The normalized spacial score (nSPS) is 15.9. The number of Topliss-reactive ketones (excluding diaryl/α,β-unsaturated/α-hetero) is 1. The minimum Gasteiger partial charge on any atom is -0.493 e. The van der Waals surface area contributed by atoms with Crippen molar-refractivity contribution in [3.63, 3.8) is 0 Å². The van der Waals surface area contributed by atoms with Crippen LogP contribution in [0.25, 0.3) is 11.4 Å². The van der Waals surface area contributed by atoms with Crippen molar-refractivity contribution in [3.8, 4) is 22.9 Å². The summed E-state index contributed by atoms with van der Waals surface area (Å²) >= 11 is 0. The van der Waals surface area contributed by atoms with Crippen molar-refractivity contribution in [2.75, 3.05) is 20.8 Å². The van der Waals surface area contributed by atoms with Crippen molar-refractivity contribution < 1.29 is 19.0 Å². The minimum atomic E-state index is -0.0528. The Labute approximate surface area is 180 Å². The number of aromatic nitrogens is 5. The Morgan fingerprint density at radius 2 is 2.00 bits per heavy atom. The van der Waals surface area contributed by atoms with Gasteiger partial charge >= 0.3 is 0 Å². The number of ketones is 1. The zero-order valence-electron chi connectivity index (χ0n) is 18.3. The third-order valence-corrected chi connectivity index (χ3v) is 5.66. The van der Waals surface area contributed by atoms with Gasteiger partial charge in [-0.05, 0) is 56.2 Å². The summed E-state index contributed by atoms with van der Waals surface area (Å²) in [5.74, 6) is 1.55. The fraction of sp³-hybridized carbons (Fsp3) is 0.455. The van der Waals surface area contributed by atoms with Crippen molar-refractivity contribution >= 4 is 5.78 Å². The van der Waals surface area contributed by atoms with E-state index in [2.05, 4.69) is 20.0 Å². The lowest BCUT2D eigenvalue weighted by Crippen LogP contribution is -2.18. The summed E-state index contributed by atoms with van der Waals surface area (Å²) in [6, 6.07) is 7.31. The second kappa shape index (κ2) is 8.89. The summed E-state index contributed by atoms with van der Waals surface area (Å²) < 4.78 is 18.5. The van der Waals surface area contributed by atoms with Gasteiger partial charge in [-0.2, -0.15) is 4.80 Å². The fourth-order valence-corrected chi connectivity index (χ4v) is 3.97. The molecule has 164 valence electrons. The molecule has 0 aliphatic carbocycles. The molecule has 0 bridgehead atoms. The third kappa shape index (κ3) is 4.32. The van der Waals surface area contributed by atoms with E-state index in [1.54, 1.807) is 26.4 Å². The Balaban J connectivity index is 1.49. The van der Waals surface area contributed by atoms with Gasteiger partial charge in [0.2, 0.25) is 5.82 Å². The fourth-order valence-electron chi connectivity index (χ4n) is 3.97. The van der Waals surface area contributed by atoms with Gasteiger partial charge in [0.25, 0.3) is 0 Å². The molecule has 0 amide bonds. The van der Waals surface area contributed by atoms with Crippen LogP contribution in [0.4, 0.5) is 0 Å². The monoisotopic (exact) mass is 425 g/mol. The second-order valence-corrected chi connectivity index (χ2v) is 7.67. The molecule has 3 heterocycles. The number of hydrogen-bond acceptors (Lipinski definition) is 7. The number of benzene rings is 1. The molecular weight excluding hydrogens is 398 g/mol. The highest BCUT2D eigenvalue weighted by atomic mass is 16.5. The first-order chi connectivity index (χ1) is 15.0. The molecule has 2 aromatic heterocycles. The molecule has 9 heteroatoms. The number of carbonyl (C=O) groups is 1. The van der Waals surface area contributed by atoms with E-state index >= 15 is 0 Å². The molecule has 1 aliphatic heterocycles. The molecule has 0 N–H and O–H groups in total. The highest BCUT2D eigenvalue weighted by molar-refractivity contribution is 5.97. The van der Waals surface area contributed by atoms with E-state index in [9.17, 15) is 4.79 Å². The average Bonchev–Trinajstić information content (AvgIpc) is 3.51. The van der Waals surface area contributed by atoms with Gasteiger partial charge in [0.1, 0.15) is 6.54 Å².